The Hall–Kier alpha value is -4.26. The van der Waals surface area contributed by atoms with Crippen molar-refractivity contribution >= 4 is 33.1 Å². The maximum absolute atomic E-state index is 13.1. The van der Waals surface area contributed by atoms with E-state index < -0.39 is 11.5 Å². The molecule has 0 aliphatic carbocycles. The standard InChI is InChI=1S/C33H36O7/c1-6-8-10-23(34)28-19-12-16(3)26(31(38)21(19)14-18(5)30(28)37)27-17(4)13-20-22(32(27)39)15-25(36)33(40)29(20)24(35)11-9-7-2/h12-15,36-40H,6-11H2,1-5H3. The Morgan fingerprint density at radius 2 is 0.950 bits per heavy atom. The molecule has 0 unspecified atom stereocenters. The zero-order chi connectivity index (χ0) is 29.5. The third-order valence-electron chi connectivity index (χ3n) is 7.67. The van der Waals surface area contributed by atoms with Crippen LogP contribution in [0.25, 0.3) is 32.7 Å². The fraction of sp³-hybridized carbons (Fsp3) is 0.333. The van der Waals surface area contributed by atoms with Crippen LogP contribution in [0.15, 0.2) is 24.3 Å². The Labute approximate surface area is 233 Å². The van der Waals surface area contributed by atoms with E-state index in [4.69, 9.17) is 0 Å². The van der Waals surface area contributed by atoms with E-state index in [-0.39, 0.29) is 58.2 Å². The molecule has 0 saturated carbocycles. The highest BCUT2D eigenvalue weighted by atomic mass is 16.3. The van der Waals surface area contributed by atoms with Gasteiger partial charge >= 0.3 is 0 Å². The maximum atomic E-state index is 13.1. The lowest BCUT2D eigenvalue weighted by molar-refractivity contribution is 0.0970. The normalized spacial score (nSPS) is 11.4. The average Bonchev–Trinajstić information content (AvgIpc) is 2.90. The number of phenols is 5. The Bertz CT molecular complexity index is 1560. The van der Waals surface area contributed by atoms with Crippen molar-refractivity contribution in [1.29, 1.82) is 0 Å². The Balaban J connectivity index is 2.04. The first-order valence-corrected chi connectivity index (χ1v) is 13.7. The van der Waals surface area contributed by atoms with Gasteiger partial charge in [0.2, 0.25) is 0 Å². The van der Waals surface area contributed by atoms with E-state index >= 15 is 0 Å². The SMILES string of the molecule is CCCCC(=O)c1c(O)c(C)cc2c(O)c(-c3c(C)cc4c(C(=O)CCCC)c(O)c(O)cc4c3O)c(C)cc12. The first-order chi connectivity index (χ1) is 18.9. The Morgan fingerprint density at radius 3 is 1.40 bits per heavy atom. The van der Waals surface area contributed by atoms with E-state index in [1.807, 2.05) is 13.8 Å². The van der Waals surface area contributed by atoms with Crippen LogP contribution in [-0.2, 0) is 0 Å². The predicted molar refractivity (Wildman–Crippen MR) is 157 cm³/mol. The van der Waals surface area contributed by atoms with E-state index in [9.17, 15) is 35.1 Å². The number of carbonyl (C=O) groups excluding carboxylic acids is 2. The van der Waals surface area contributed by atoms with Crippen LogP contribution in [-0.4, -0.2) is 37.1 Å². The number of rotatable bonds is 9. The van der Waals surface area contributed by atoms with Crippen LogP contribution in [0.3, 0.4) is 0 Å². The lowest BCUT2D eigenvalue weighted by Crippen LogP contribution is -2.03. The summed E-state index contributed by atoms with van der Waals surface area (Å²) in [6, 6.07) is 6.20. The zero-order valence-electron chi connectivity index (χ0n) is 23.6. The van der Waals surface area contributed by atoms with E-state index in [2.05, 4.69) is 0 Å². The lowest BCUT2D eigenvalue weighted by Gasteiger charge is -2.20. The summed E-state index contributed by atoms with van der Waals surface area (Å²) >= 11 is 0. The quantitative estimate of drug-likeness (QED) is 0.107. The number of unbranched alkanes of at least 4 members (excludes halogenated alkanes) is 2. The average molecular weight is 545 g/mol. The number of hydrogen-bond acceptors (Lipinski definition) is 7. The van der Waals surface area contributed by atoms with Crippen molar-refractivity contribution in [2.45, 2.75) is 73.1 Å². The molecular formula is C33H36O7. The van der Waals surface area contributed by atoms with Gasteiger partial charge in [0.25, 0.3) is 0 Å². The second kappa shape index (κ2) is 11.1. The first-order valence-electron chi connectivity index (χ1n) is 13.7. The smallest absolute Gasteiger partial charge is 0.169 e. The molecule has 4 rings (SSSR count). The van der Waals surface area contributed by atoms with Crippen molar-refractivity contribution in [3.05, 3.63) is 52.1 Å². The van der Waals surface area contributed by atoms with Crippen LogP contribution >= 0.6 is 0 Å². The molecule has 0 atom stereocenters. The summed E-state index contributed by atoms with van der Waals surface area (Å²) in [5, 5.41) is 56.2. The third kappa shape index (κ3) is 4.70. The second-order valence-corrected chi connectivity index (χ2v) is 10.6. The molecule has 5 N–H and O–H groups in total. The van der Waals surface area contributed by atoms with Crippen LogP contribution in [0.5, 0.6) is 28.7 Å². The molecule has 40 heavy (non-hydrogen) atoms. The highest BCUT2D eigenvalue weighted by Gasteiger charge is 2.27. The fourth-order valence-corrected chi connectivity index (χ4v) is 5.53. The Kier molecular flexibility index (Phi) is 7.96. The van der Waals surface area contributed by atoms with Crippen LogP contribution in [0.4, 0.5) is 0 Å². The number of ketones is 2. The van der Waals surface area contributed by atoms with Gasteiger partial charge in [0.1, 0.15) is 17.2 Å². The van der Waals surface area contributed by atoms with E-state index in [0.717, 1.165) is 12.8 Å². The van der Waals surface area contributed by atoms with Crippen molar-refractivity contribution < 1.29 is 35.1 Å². The molecule has 4 aromatic carbocycles. The highest BCUT2D eigenvalue weighted by molar-refractivity contribution is 6.16. The number of fused-ring (bicyclic) bond motifs is 2. The predicted octanol–water partition coefficient (Wildman–Crippen LogP) is 7.86. The minimum Gasteiger partial charge on any atom is -0.507 e. The molecule has 7 nitrogen and oxygen atoms in total. The van der Waals surface area contributed by atoms with Crippen LogP contribution in [0, 0.1) is 20.8 Å². The van der Waals surface area contributed by atoms with Gasteiger partial charge in [-0.2, -0.15) is 0 Å². The number of Topliss-reactive ketones (excluding diaryl/α,β-unsaturated/α-hetero) is 2. The van der Waals surface area contributed by atoms with E-state index in [1.165, 1.54) is 6.07 Å². The number of aromatic hydroxyl groups is 5. The van der Waals surface area contributed by atoms with Crippen molar-refractivity contribution in [2.75, 3.05) is 0 Å². The number of benzene rings is 4. The molecule has 0 radical (unpaired) electrons. The van der Waals surface area contributed by atoms with Gasteiger partial charge in [-0.3, -0.25) is 9.59 Å². The number of phenolic OH excluding ortho intramolecular Hbond substituents is 5. The molecule has 0 aliphatic heterocycles. The molecule has 0 aromatic heterocycles. The van der Waals surface area contributed by atoms with E-state index in [0.29, 0.717) is 56.8 Å². The maximum Gasteiger partial charge on any atom is 0.169 e. The minimum absolute atomic E-state index is 0.0470. The minimum atomic E-state index is -0.529. The molecular weight excluding hydrogens is 508 g/mol. The van der Waals surface area contributed by atoms with Crippen LogP contribution in [0.1, 0.15) is 89.8 Å². The van der Waals surface area contributed by atoms with Gasteiger partial charge in [0.15, 0.2) is 23.1 Å². The number of hydrogen-bond donors (Lipinski definition) is 5. The third-order valence-corrected chi connectivity index (χ3v) is 7.67. The van der Waals surface area contributed by atoms with Crippen molar-refractivity contribution in [2.24, 2.45) is 0 Å². The van der Waals surface area contributed by atoms with Crippen LogP contribution < -0.4 is 0 Å². The van der Waals surface area contributed by atoms with Gasteiger partial charge in [-0.25, -0.2) is 0 Å². The number of aryl methyl sites for hydroxylation is 3. The summed E-state index contributed by atoms with van der Waals surface area (Å²) in [6.07, 6.45) is 3.34. The summed E-state index contributed by atoms with van der Waals surface area (Å²) in [6.45, 7) is 9.05. The summed E-state index contributed by atoms with van der Waals surface area (Å²) in [4.78, 5) is 26.1. The molecule has 7 heteroatoms. The van der Waals surface area contributed by atoms with Gasteiger partial charge in [-0.15, -0.1) is 0 Å². The van der Waals surface area contributed by atoms with Gasteiger partial charge in [-0.1, -0.05) is 26.7 Å². The molecule has 0 spiro atoms. The van der Waals surface area contributed by atoms with Gasteiger partial charge in [0, 0.05) is 45.5 Å². The summed E-state index contributed by atoms with van der Waals surface area (Å²) in [5.74, 6) is -2.14. The highest BCUT2D eigenvalue weighted by Crippen LogP contribution is 2.50. The van der Waals surface area contributed by atoms with Gasteiger partial charge in [-0.05, 0) is 74.6 Å². The number of carbonyl (C=O) groups is 2. The lowest BCUT2D eigenvalue weighted by atomic mass is 9.85. The molecule has 4 aromatic rings. The second-order valence-electron chi connectivity index (χ2n) is 10.6. The van der Waals surface area contributed by atoms with Crippen molar-refractivity contribution in [3.8, 4) is 39.9 Å². The van der Waals surface area contributed by atoms with Gasteiger partial charge in [0.05, 0.1) is 11.1 Å². The molecule has 0 amide bonds. The van der Waals surface area contributed by atoms with Crippen LogP contribution in [0.2, 0.25) is 0 Å². The molecule has 0 bridgehead atoms. The molecule has 0 saturated heterocycles. The molecule has 210 valence electrons. The molecule has 0 fully saturated rings. The Morgan fingerprint density at radius 1 is 0.550 bits per heavy atom. The zero-order valence-corrected chi connectivity index (χ0v) is 23.6. The molecule has 0 aliphatic rings. The van der Waals surface area contributed by atoms with E-state index in [1.54, 1.807) is 39.0 Å². The largest absolute Gasteiger partial charge is 0.507 e. The fourth-order valence-electron chi connectivity index (χ4n) is 5.53. The molecule has 0 heterocycles. The monoisotopic (exact) mass is 544 g/mol. The summed E-state index contributed by atoms with van der Waals surface area (Å²) in [5.41, 5.74) is 2.27. The van der Waals surface area contributed by atoms with Crippen molar-refractivity contribution in [3.63, 3.8) is 0 Å². The summed E-state index contributed by atoms with van der Waals surface area (Å²) < 4.78 is 0. The first kappa shape index (κ1) is 28.7. The van der Waals surface area contributed by atoms with Gasteiger partial charge < -0.3 is 25.5 Å². The summed E-state index contributed by atoms with van der Waals surface area (Å²) in [7, 11) is 0. The topological polar surface area (TPSA) is 135 Å². The van der Waals surface area contributed by atoms with Crippen molar-refractivity contribution in [1.82, 2.24) is 0 Å².